The molecule has 0 radical (unpaired) electrons. The molecule has 6 heteroatoms. The van der Waals surface area contributed by atoms with Gasteiger partial charge in [-0.2, -0.15) is 5.10 Å². The Morgan fingerprint density at radius 3 is 2.60 bits per heavy atom. The van der Waals surface area contributed by atoms with Gasteiger partial charge in [-0.05, 0) is 39.8 Å². The molecule has 3 aromatic rings. The number of oxazole rings is 1. The molecule has 0 saturated carbocycles. The van der Waals surface area contributed by atoms with Gasteiger partial charge in [0.25, 0.3) is 5.91 Å². The van der Waals surface area contributed by atoms with Crippen molar-refractivity contribution in [2.75, 3.05) is 0 Å². The van der Waals surface area contributed by atoms with Gasteiger partial charge < -0.3 is 9.73 Å². The number of carbonyl (C=O) groups excluding carboxylic acids is 1. The lowest BCUT2D eigenvalue weighted by Crippen LogP contribution is -2.24. The molecular formula is C19H22N4O2. The summed E-state index contributed by atoms with van der Waals surface area (Å²) < 4.78 is 7.29. The number of benzene rings is 1. The summed E-state index contributed by atoms with van der Waals surface area (Å²) in [6, 6.07) is 9.65. The summed E-state index contributed by atoms with van der Waals surface area (Å²) in [5, 5.41) is 7.29. The first-order chi connectivity index (χ1) is 11.8. The highest BCUT2D eigenvalue weighted by molar-refractivity contribution is 5.94. The van der Waals surface area contributed by atoms with Crippen LogP contribution in [0.1, 0.15) is 42.5 Å². The van der Waals surface area contributed by atoms with Gasteiger partial charge in [-0.15, -0.1) is 0 Å². The highest BCUT2D eigenvalue weighted by Gasteiger charge is 2.20. The van der Waals surface area contributed by atoms with Crippen molar-refractivity contribution in [3.63, 3.8) is 0 Å². The van der Waals surface area contributed by atoms with Crippen LogP contribution in [0.5, 0.6) is 0 Å². The molecular weight excluding hydrogens is 316 g/mol. The number of rotatable bonds is 4. The Bertz CT molecular complexity index is 872. The summed E-state index contributed by atoms with van der Waals surface area (Å²) in [5.74, 6) is 0.374. The van der Waals surface area contributed by atoms with Gasteiger partial charge in [0.05, 0.1) is 29.0 Å². The summed E-state index contributed by atoms with van der Waals surface area (Å²) in [7, 11) is 0. The maximum Gasteiger partial charge on any atom is 0.255 e. The molecule has 0 atom stereocenters. The van der Waals surface area contributed by atoms with Gasteiger partial charge in [0.2, 0.25) is 5.89 Å². The maximum absolute atomic E-state index is 12.4. The molecule has 1 amide bonds. The highest BCUT2D eigenvalue weighted by atomic mass is 16.3. The monoisotopic (exact) mass is 338 g/mol. The minimum atomic E-state index is -0.169. The third-order valence-corrected chi connectivity index (χ3v) is 3.83. The van der Waals surface area contributed by atoms with Crippen LogP contribution in [0, 0.1) is 6.92 Å². The van der Waals surface area contributed by atoms with Crippen molar-refractivity contribution in [1.82, 2.24) is 20.1 Å². The number of hydrogen-bond donors (Lipinski definition) is 1. The van der Waals surface area contributed by atoms with Gasteiger partial charge in [0, 0.05) is 11.8 Å². The molecule has 6 nitrogen and oxygen atoms in total. The van der Waals surface area contributed by atoms with E-state index in [1.54, 1.807) is 17.1 Å². The van der Waals surface area contributed by atoms with Crippen molar-refractivity contribution in [3.8, 4) is 11.5 Å². The van der Waals surface area contributed by atoms with E-state index in [1.165, 1.54) is 0 Å². The number of carbonyl (C=O) groups is 1. The molecule has 0 aliphatic heterocycles. The number of amides is 1. The molecule has 130 valence electrons. The first-order valence-corrected chi connectivity index (χ1v) is 8.19. The van der Waals surface area contributed by atoms with E-state index in [1.807, 2.05) is 58.0 Å². The lowest BCUT2D eigenvalue weighted by Gasteiger charge is -2.18. The van der Waals surface area contributed by atoms with Crippen LogP contribution in [0.15, 0.2) is 47.2 Å². The molecule has 0 bridgehead atoms. The zero-order chi connectivity index (χ0) is 18.0. The number of nitrogens with one attached hydrogen (secondary N) is 1. The molecule has 3 rings (SSSR count). The zero-order valence-corrected chi connectivity index (χ0v) is 14.9. The second-order valence-electron chi connectivity index (χ2n) is 6.94. The smallest absolute Gasteiger partial charge is 0.255 e. The Hall–Kier alpha value is -2.89. The second kappa shape index (κ2) is 6.55. The molecule has 1 N–H and O–H groups in total. The van der Waals surface area contributed by atoms with Gasteiger partial charge in [0.1, 0.15) is 6.26 Å². The first kappa shape index (κ1) is 17.0. The molecule has 0 aliphatic carbocycles. The minimum Gasteiger partial charge on any atom is -0.444 e. The molecule has 0 fully saturated rings. The quantitative estimate of drug-likeness (QED) is 0.790. The van der Waals surface area contributed by atoms with Gasteiger partial charge in [-0.25, -0.2) is 4.98 Å². The van der Waals surface area contributed by atoms with Crippen molar-refractivity contribution >= 4 is 5.91 Å². The normalized spacial score (nSPS) is 11.5. The Morgan fingerprint density at radius 1 is 1.24 bits per heavy atom. The topological polar surface area (TPSA) is 73.0 Å². The van der Waals surface area contributed by atoms with Gasteiger partial charge in [-0.3, -0.25) is 9.48 Å². The van der Waals surface area contributed by atoms with E-state index >= 15 is 0 Å². The van der Waals surface area contributed by atoms with Crippen LogP contribution >= 0.6 is 0 Å². The van der Waals surface area contributed by atoms with E-state index in [-0.39, 0.29) is 11.4 Å². The number of aryl methyl sites for hydroxylation is 1. The van der Waals surface area contributed by atoms with E-state index < -0.39 is 0 Å². The predicted molar refractivity (Wildman–Crippen MR) is 95.1 cm³/mol. The molecule has 0 aliphatic rings. The average molecular weight is 338 g/mol. The third kappa shape index (κ3) is 3.79. The van der Waals surface area contributed by atoms with Crippen LogP contribution < -0.4 is 5.32 Å². The first-order valence-electron chi connectivity index (χ1n) is 8.19. The van der Waals surface area contributed by atoms with E-state index in [0.717, 1.165) is 5.56 Å². The largest absolute Gasteiger partial charge is 0.444 e. The lowest BCUT2D eigenvalue weighted by molar-refractivity contribution is 0.0949. The van der Waals surface area contributed by atoms with Crippen LogP contribution in [0.25, 0.3) is 11.5 Å². The second-order valence-corrected chi connectivity index (χ2v) is 6.94. The van der Waals surface area contributed by atoms with E-state index in [9.17, 15) is 4.79 Å². The van der Waals surface area contributed by atoms with Crippen molar-refractivity contribution in [2.45, 2.75) is 39.8 Å². The average Bonchev–Trinajstić information content (AvgIpc) is 3.20. The molecule has 1 aromatic carbocycles. The Labute approximate surface area is 146 Å². The summed E-state index contributed by atoms with van der Waals surface area (Å²) in [6.45, 7) is 8.26. The fourth-order valence-electron chi connectivity index (χ4n) is 2.39. The summed E-state index contributed by atoms with van der Waals surface area (Å²) in [5.41, 5.74) is 2.69. The van der Waals surface area contributed by atoms with E-state index in [4.69, 9.17) is 4.42 Å². The molecule has 0 unspecified atom stereocenters. The van der Waals surface area contributed by atoms with Crippen molar-refractivity contribution in [1.29, 1.82) is 0 Å². The standard InChI is InChI=1S/C19H22N4O2/c1-13-16(11-23(22-13)19(2,3)4)17(24)20-10-15-12-25-18(21-15)14-8-6-5-7-9-14/h5-9,11-12H,10H2,1-4H3,(H,20,24). The van der Waals surface area contributed by atoms with Crippen molar-refractivity contribution in [2.24, 2.45) is 0 Å². The molecule has 2 heterocycles. The van der Waals surface area contributed by atoms with E-state index in [2.05, 4.69) is 15.4 Å². The number of hydrogen-bond acceptors (Lipinski definition) is 4. The molecule has 2 aromatic heterocycles. The van der Waals surface area contributed by atoms with Crippen LogP contribution in [0.4, 0.5) is 0 Å². The third-order valence-electron chi connectivity index (χ3n) is 3.83. The van der Waals surface area contributed by atoms with Crippen LogP contribution in [-0.4, -0.2) is 20.7 Å². The maximum atomic E-state index is 12.4. The summed E-state index contributed by atoms with van der Waals surface area (Å²) in [6.07, 6.45) is 3.34. The van der Waals surface area contributed by atoms with Crippen molar-refractivity contribution < 1.29 is 9.21 Å². The SMILES string of the molecule is Cc1nn(C(C)(C)C)cc1C(=O)NCc1coc(-c2ccccc2)n1. The fourth-order valence-corrected chi connectivity index (χ4v) is 2.39. The Kier molecular flexibility index (Phi) is 4.44. The molecule has 0 spiro atoms. The summed E-state index contributed by atoms with van der Waals surface area (Å²) >= 11 is 0. The highest BCUT2D eigenvalue weighted by Crippen LogP contribution is 2.18. The predicted octanol–water partition coefficient (Wildman–Crippen LogP) is 3.53. The Balaban J connectivity index is 1.67. The van der Waals surface area contributed by atoms with Crippen LogP contribution in [0.3, 0.4) is 0 Å². The molecule has 25 heavy (non-hydrogen) atoms. The zero-order valence-electron chi connectivity index (χ0n) is 14.9. The fraction of sp³-hybridized carbons (Fsp3) is 0.316. The van der Waals surface area contributed by atoms with E-state index in [0.29, 0.717) is 29.4 Å². The van der Waals surface area contributed by atoms with Gasteiger partial charge in [0.15, 0.2) is 0 Å². The van der Waals surface area contributed by atoms with Gasteiger partial charge >= 0.3 is 0 Å². The van der Waals surface area contributed by atoms with Gasteiger partial charge in [-0.1, -0.05) is 18.2 Å². The summed E-state index contributed by atoms with van der Waals surface area (Å²) in [4.78, 5) is 16.8. The van der Waals surface area contributed by atoms with Crippen LogP contribution in [-0.2, 0) is 12.1 Å². The van der Waals surface area contributed by atoms with Crippen molar-refractivity contribution in [3.05, 3.63) is 59.7 Å². The lowest BCUT2D eigenvalue weighted by atomic mass is 10.1. The Morgan fingerprint density at radius 2 is 1.96 bits per heavy atom. The van der Waals surface area contributed by atoms with Crippen LogP contribution in [0.2, 0.25) is 0 Å². The minimum absolute atomic E-state index is 0.167. The number of aromatic nitrogens is 3. The number of nitrogens with zero attached hydrogens (tertiary/aromatic N) is 3. The molecule has 0 saturated heterocycles.